The van der Waals surface area contributed by atoms with Gasteiger partial charge in [0.05, 0.1) is 24.2 Å². The van der Waals surface area contributed by atoms with Crippen molar-refractivity contribution in [3.05, 3.63) is 58.6 Å². The molecular formula is C16H16ClNO2. The Morgan fingerprint density at radius 1 is 1.25 bits per heavy atom. The largest absolute Gasteiger partial charge is 0.496 e. The Labute approximate surface area is 123 Å². The first-order chi connectivity index (χ1) is 9.60. The zero-order valence-corrected chi connectivity index (χ0v) is 12.2. The second-order valence-corrected chi connectivity index (χ2v) is 4.93. The van der Waals surface area contributed by atoms with Crippen LogP contribution in [0.1, 0.15) is 11.1 Å². The first-order valence-corrected chi connectivity index (χ1v) is 6.66. The zero-order chi connectivity index (χ0) is 14.5. The molecule has 0 bridgehead atoms. The van der Waals surface area contributed by atoms with Gasteiger partial charge in [0.2, 0.25) is 5.91 Å². The number of amides is 1. The van der Waals surface area contributed by atoms with Crippen LogP contribution in [-0.4, -0.2) is 13.0 Å². The van der Waals surface area contributed by atoms with Crippen LogP contribution in [-0.2, 0) is 11.2 Å². The van der Waals surface area contributed by atoms with E-state index in [1.165, 1.54) is 0 Å². The van der Waals surface area contributed by atoms with Crippen molar-refractivity contribution in [2.75, 3.05) is 12.4 Å². The lowest BCUT2D eigenvalue weighted by Gasteiger charge is -2.10. The number of methoxy groups -OCH3 is 1. The van der Waals surface area contributed by atoms with Crippen LogP contribution in [0, 0.1) is 6.92 Å². The van der Waals surface area contributed by atoms with Gasteiger partial charge < -0.3 is 10.1 Å². The Balaban J connectivity index is 2.12. The molecular weight excluding hydrogens is 274 g/mol. The second-order valence-electron chi connectivity index (χ2n) is 4.52. The molecule has 4 heteroatoms. The molecule has 1 amide bonds. The van der Waals surface area contributed by atoms with Gasteiger partial charge in [-0.25, -0.2) is 0 Å². The Bertz CT molecular complexity index is 626. The smallest absolute Gasteiger partial charge is 0.228 e. The SMILES string of the molecule is COc1ccc(C)cc1CC(=O)Nc1ccccc1Cl. The minimum Gasteiger partial charge on any atom is -0.496 e. The summed E-state index contributed by atoms with van der Waals surface area (Å²) in [5.74, 6) is 0.590. The van der Waals surface area contributed by atoms with Gasteiger partial charge in [-0.05, 0) is 25.1 Å². The fourth-order valence-corrected chi connectivity index (χ4v) is 2.16. The molecule has 2 aromatic carbocycles. The molecule has 0 heterocycles. The molecule has 0 radical (unpaired) electrons. The molecule has 0 fully saturated rings. The van der Waals surface area contributed by atoms with Crippen molar-refractivity contribution in [1.29, 1.82) is 0 Å². The average molecular weight is 290 g/mol. The van der Waals surface area contributed by atoms with Crippen molar-refractivity contribution in [2.24, 2.45) is 0 Å². The van der Waals surface area contributed by atoms with Gasteiger partial charge in [0, 0.05) is 5.56 Å². The minimum absolute atomic E-state index is 0.123. The molecule has 1 N–H and O–H groups in total. The molecule has 0 aromatic heterocycles. The van der Waals surface area contributed by atoms with E-state index in [4.69, 9.17) is 16.3 Å². The van der Waals surface area contributed by atoms with E-state index in [1.54, 1.807) is 19.2 Å². The van der Waals surface area contributed by atoms with Crippen LogP contribution in [0.3, 0.4) is 0 Å². The molecule has 3 nitrogen and oxygen atoms in total. The predicted octanol–water partition coefficient (Wildman–Crippen LogP) is 3.84. The van der Waals surface area contributed by atoms with Gasteiger partial charge >= 0.3 is 0 Å². The normalized spacial score (nSPS) is 10.2. The van der Waals surface area contributed by atoms with Gasteiger partial charge in [-0.15, -0.1) is 0 Å². The summed E-state index contributed by atoms with van der Waals surface area (Å²) < 4.78 is 5.27. The standard InChI is InChI=1S/C16H16ClNO2/c1-11-7-8-15(20-2)12(9-11)10-16(19)18-14-6-4-3-5-13(14)17/h3-9H,10H2,1-2H3,(H,18,19). The molecule has 104 valence electrons. The molecule has 0 aliphatic carbocycles. The summed E-state index contributed by atoms with van der Waals surface area (Å²) in [4.78, 5) is 12.1. The summed E-state index contributed by atoms with van der Waals surface area (Å²) >= 11 is 6.02. The fourth-order valence-electron chi connectivity index (χ4n) is 1.98. The highest BCUT2D eigenvalue weighted by Crippen LogP contribution is 2.23. The summed E-state index contributed by atoms with van der Waals surface area (Å²) in [6, 6.07) is 12.9. The third kappa shape index (κ3) is 3.52. The number of benzene rings is 2. The first kappa shape index (κ1) is 14.4. The number of aryl methyl sites for hydroxylation is 1. The zero-order valence-electron chi connectivity index (χ0n) is 11.4. The third-order valence-electron chi connectivity index (χ3n) is 2.93. The van der Waals surface area contributed by atoms with E-state index >= 15 is 0 Å². The molecule has 0 unspecified atom stereocenters. The maximum atomic E-state index is 12.1. The van der Waals surface area contributed by atoms with E-state index in [0.29, 0.717) is 16.5 Å². The number of carbonyl (C=O) groups is 1. The highest BCUT2D eigenvalue weighted by Gasteiger charge is 2.10. The van der Waals surface area contributed by atoms with Crippen LogP contribution in [0.25, 0.3) is 0 Å². The number of ether oxygens (including phenoxy) is 1. The number of rotatable bonds is 4. The summed E-state index contributed by atoms with van der Waals surface area (Å²) in [6.45, 7) is 1.98. The number of hydrogen-bond donors (Lipinski definition) is 1. The van der Waals surface area contributed by atoms with Crippen LogP contribution in [0.2, 0.25) is 5.02 Å². The van der Waals surface area contributed by atoms with Gasteiger partial charge in [-0.3, -0.25) is 4.79 Å². The van der Waals surface area contributed by atoms with Gasteiger partial charge in [0.15, 0.2) is 0 Å². The fraction of sp³-hybridized carbons (Fsp3) is 0.188. The van der Waals surface area contributed by atoms with Gasteiger partial charge in [-0.2, -0.15) is 0 Å². The van der Waals surface area contributed by atoms with Crippen LogP contribution < -0.4 is 10.1 Å². The van der Waals surface area contributed by atoms with E-state index in [9.17, 15) is 4.79 Å². The van der Waals surface area contributed by atoms with E-state index in [-0.39, 0.29) is 12.3 Å². The minimum atomic E-state index is -0.123. The third-order valence-corrected chi connectivity index (χ3v) is 3.26. The lowest BCUT2D eigenvalue weighted by atomic mass is 10.1. The molecule has 0 saturated heterocycles. The topological polar surface area (TPSA) is 38.3 Å². The first-order valence-electron chi connectivity index (χ1n) is 6.28. The number of anilines is 1. The summed E-state index contributed by atoms with van der Waals surface area (Å²) in [5.41, 5.74) is 2.56. The predicted molar refractivity (Wildman–Crippen MR) is 81.5 cm³/mol. The summed E-state index contributed by atoms with van der Waals surface area (Å²) in [7, 11) is 1.60. The van der Waals surface area contributed by atoms with Crippen molar-refractivity contribution in [3.8, 4) is 5.75 Å². The molecule has 20 heavy (non-hydrogen) atoms. The molecule has 0 aliphatic heterocycles. The van der Waals surface area contributed by atoms with Gasteiger partial charge in [0.25, 0.3) is 0 Å². The second kappa shape index (κ2) is 6.44. The van der Waals surface area contributed by atoms with Crippen molar-refractivity contribution in [2.45, 2.75) is 13.3 Å². The van der Waals surface area contributed by atoms with Gasteiger partial charge in [0.1, 0.15) is 5.75 Å². The highest BCUT2D eigenvalue weighted by molar-refractivity contribution is 6.33. The van der Waals surface area contributed by atoms with Crippen molar-refractivity contribution in [1.82, 2.24) is 0 Å². The molecule has 0 atom stereocenters. The number of nitrogens with one attached hydrogen (secondary N) is 1. The molecule has 0 saturated carbocycles. The van der Waals surface area contributed by atoms with Crippen LogP contribution in [0.5, 0.6) is 5.75 Å². The highest BCUT2D eigenvalue weighted by atomic mass is 35.5. The number of para-hydroxylation sites is 1. The Morgan fingerprint density at radius 2 is 2.00 bits per heavy atom. The summed E-state index contributed by atoms with van der Waals surface area (Å²) in [5, 5.41) is 3.33. The van der Waals surface area contributed by atoms with Crippen molar-refractivity contribution < 1.29 is 9.53 Å². The van der Waals surface area contributed by atoms with Crippen molar-refractivity contribution >= 4 is 23.2 Å². The van der Waals surface area contributed by atoms with E-state index in [2.05, 4.69) is 5.32 Å². The lowest BCUT2D eigenvalue weighted by molar-refractivity contribution is -0.115. The number of hydrogen-bond acceptors (Lipinski definition) is 2. The van der Waals surface area contributed by atoms with E-state index in [1.807, 2.05) is 37.3 Å². The average Bonchev–Trinajstić information content (AvgIpc) is 2.41. The van der Waals surface area contributed by atoms with E-state index in [0.717, 1.165) is 11.1 Å². The maximum Gasteiger partial charge on any atom is 0.228 e. The number of carbonyl (C=O) groups excluding carboxylic acids is 1. The lowest BCUT2D eigenvalue weighted by Crippen LogP contribution is -2.15. The van der Waals surface area contributed by atoms with E-state index < -0.39 is 0 Å². The number of halogens is 1. The van der Waals surface area contributed by atoms with Gasteiger partial charge in [-0.1, -0.05) is 41.4 Å². The molecule has 2 rings (SSSR count). The quantitative estimate of drug-likeness (QED) is 0.929. The Morgan fingerprint density at radius 3 is 2.70 bits per heavy atom. The Hall–Kier alpha value is -2.00. The van der Waals surface area contributed by atoms with Crippen LogP contribution in [0.4, 0.5) is 5.69 Å². The van der Waals surface area contributed by atoms with Crippen molar-refractivity contribution in [3.63, 3.8) is 0 Å². The molecule has 2 aromatic rings. The monoisotopic (exact) mass is 289 g/mol. The molecule has 0 spiro atoms. The summed E-state index contributed by atoms with van der Waals surface area (Å²) in [6.07, 6.45) is 0.246. The Kier molecular flexibility index (Phi) is 4.64. The maximum absolute atomic E-state index is 12.1. The van der Waals surface area contributed by atoms with Crippen LogP contribution >= 0.6 is 11.6 Å². The van der Waals surface area contributed by atoms with Crippen LogP contribution in [0.15, 0.2) is 42.5 Å². The molecule has 0 aliphatic rings.